The minimum absolute atomic E-state index is 0.0501. The van der Waals surface area contributed by atoms with Crippen LogP contribution in [0.25, 0.3) is 21.7 Å². The number of hydrogen-bond donors (Lipinski definition) is 4. The van der Waals surface area contributed by atoms with E-state index in [1.165, 1.54) is 4.90 Å². The molecule has 2 amide bonds. The van der Waals surface area contributed by atoms with Gasteiger partial charge in [-0.1, -0.05) is 50.2 Å². The molecule has 0 aliphatic carbocycles. The van der Waals surface area contributed by atoms with E-state index in [0.29, 0.717) is 54.4 Å². The quantitative estimate of drug-likeness (QED) is 0.0758. The topological polar surface area (TPSA) is 225 Å². The molecule has 2 unspecified atom stereocenters. The Morgan fingerprint density at radius 2 is 1.67 bits per heavy atom. The van der Waals surface area contributed by atoms with Crippen LogP contribution in [0.15, 0.2) is 89.0 Å². The summed E-state index contributed by atoms with van der Waals surface area (Å²) in [5.74, 6) is 0.283. The van der Waals surface area contributed by atoms with E-state index >= 15 is 0 Å². The molecular weight excluding hydrogens is 973 g/mol. The number of hydrogen-bond acceptors (Lipinski definition) is 18. The number of aliphatic hydroxyl groups excluding tert-OH is 1. The van der Waals surface area contributed by atoms with Crippen molar-refractivity contribution in [2.45, 2.75) is 96.1 Å². The maximum Gasteiger partial charge on any atom is 0.254 e. The number of thiazole rings is 1. The standard InChI is InChI=1S/C55H68N12O7S/c1-33(2)51(55(71)66-31-42(68)25-46(66)54(70)59-35(4)37-10-12-38(13-11-37)52-36(5)58-32-75-52)48-27-50(62-74-48)73-23-21-64-19-18-63(28-34(64)3)20-22-72-49-24-39(16-17-57-49)67-40-14-15-41(67)30-65(29-40)45-26-44(60-61-53(45)56)43-8-6-7-9-47(43)69/h6-13,16-17,24,26-27,32-35,40-42,46,51,68-69H,14-15,18-23,25,28-31H2,1-5H3,(H2,56,61)(H,59,70)/t34-,35-,40?,41?,42+,46-,51+/m0/s1. The van der Waals surface area contributed by atoms with Crippen molar-refractivity contribution in [3.8, 4) is 39.2 Å². The fourth-order valence-electron chi connectivity index (χ4n) is 11.4. The summed E-state index contributed by atoms with van der Waals surface area (Å²) >= 11 is 1.59. The Labute approximate surface area is 441 Å². The van der Waals surface area contributed by atoms with Gasteiger partial charge in [0.2, 0.25) is 17.7 Å². The van der Waals surface area contributed by atoms with E-state index in [-0.39, 0.29) is 60.6 Å². The Hall–Kier alpha value is -6.87. The highest BCUT2D eigenvalue weighted by Gasteiger charge is 2.44. The number of carbonyl (C=O) groups is 2. The third-order valence-corrected chi connectivity index (χ3v) is 16.3. The van der Waals surface area contributed by atoms with Crippen LogP contribution < -0.4 is 30.3 Å². The minimum atomic E-state index is -0.833. The number of β-amino-alcohol motifs (C(OH)–C–C–N with tert-alkyl or cyclic N) is 1. The number of piperazine rings is 2. The van der Waals surface area contributed by atoms with E-state index in [1.54, 1.807) is 29.5 Å². The molecular formula is C55H68N12O7S. The zero-order valence-corrected chi connectivity index (χ0v) is 44.1. The van der Waals surface area contributed by atoms with Crippen molar-refractivity contribution in [2.24, 2.45) is 5.92 Å². The number of nitrogens with two attached hydrogens (primary N) is 1. The van der Waals surface area contributed by atoms with Gasteiger partial charge in [-0.3, -0.25) is 19.4 Å². The van der Waals surface area contributed by atoms with E-state index in [1.807, 2.05) is 81.9 Å². The van der Waals surface area contributed by atoms with Crippen molar-refractivity contribution in [1.82, 2.24) is 45.3 Å². The summed E-state index contributed by atoms with van der Waals surface area (Å²) in [6.45, 7) is 16.6. The number of pyridine rings is 1. The fourth-order valence-corrected chi connectivity index (χ4v) is 12.2. The van der Waals surface area contributed by atoms with Crippen molar-refractivity contribution in [2.75, 3.05) is 81.1 Å². The number of ether oxygens (including phenoxy) is 2. The molecule has 6 aromatic rings. The first-order chi connectivity index (χ1) is 36.3. The summed E-state index contributed by atoms with van der Waals surface area (Å²) in [5.41, 5.74) is 14.3. The first-order valence-electron chi connectivity index (χ1n) is 26.2. The molecule has 2 aromatic carbocycles. The summed E-state index contributed by atoms with van der Waals surface area (Å²) in [6.07, 6.45) is 3.27. The van der Waals surface area contributed by atoms with Gasteiger partial charge in [0.1, 0.15) is 30.9 Å². The Morgan fingerprint density at radius 3 is 2.40 bits per heavy atom. The predicted molar refractivity (Wildman–Crippen MR) is 287 cm³/mol. The van der Waals surface area contributed by atoms with Gasteiger partial charge in [-0.2, -0.15) is 0 Å². The molecule has 10 rings (SSSR count). The monoisotopic (exact) mass is 1040 g/mol. The molecule has 4 aliphatic rings. The van der Waals surface area contributed by atoms with E-state index in [4.69, 9.17) is 19.7 Å². The van der Waals surface area contributed by atoms with Gasteiger partial charge in [-0.15, -0.1) is 21.5 Å². The average molecular weight is 1040 g/mol. The molecule has 4 saturated heterocycles. The van der Waals surface area contributed by atoms with Gasteiger partial charge in [-0.25, -0.2) is 9.97 Å². The molecule has 4 fully saturated rings. The SMILES string of the molecule is Cc1ncsc1-c1ccc([C@H](C)NC(=O)[C@@H]2C[C@@H](O)CN2C(=O)[C@@H](c2cc(OCCN3CCN(CCOc4cc(N5C6CCC5CN(c5cc(-c7ccccc7O)nnc5N)C6)ccn4)C[C@@H]3C)no2)C(C)C)cc1. The molecule has 0 saturated carbocycles. The number of nitrogens with zero attached hydrogens (tertiary/aromatic N) is 10. The Morgan fingerprint density at radius 1 is 0.907 bits per heavy atom. The van der Waals surface area contributed by atoms with Gasteiger partial charge in [0.15, 0.2) is 11.6 Å². The minimum Gasteiger partial charge on any atom is -0.507 e. The number of para-hydroxylation sites is 1. The van der Waals surface area contributed by atoms with Gasteiger partial charge in [0.25, 0.3) is 5.88 Å². The van der Waals surface area contributed by atoms with Crippen molar-refractivity contribution in [3.63, 3.8) is 0 Å². The lowest BCUT2D eigenvalue weighted by molar-refractivity contribution is -0.141. The highest BCUT2D eigenvalue weighted by Crippen LogP contribution is 2.40. The number of nitrogens with one attached hydrogen (secondary N) is 1. The lowest BCUT2D eigenvalue weighted by Crippen LogP contribution is -2.54. The van der Waals surface area contributed by atoms with Crippen molar-refractivity contribution in [3.05, 3.63) is 102 Å². The first-order valence-corrected chi connectivity index (χ1v) is 27.0. The predicted octanol–water partition coefficient (Wildman–Crippen LogP) is 6.15. The number of aliphatic hydroxyl groups is 1. The van der Waals surface area contributed by atoms with E-state index in [9.17, 15) is 19.8 Å². The van der Waals surface area contributed by atoms with Crippen LogP contribution >= 0.6 is 11.3 Å². The van der Waals surface area contributed by atoms with Crippen LogP contribution in [0.5, 0.6) is 17.5 Å². The lowest BCUT2D eigenvalue weighted by atomic mass is 9.91. The molecule has 4 aliphatic heterocycles. The number of phenolic OH excluding ortho intramolecular Hbond substituents is 1. The van der Waals surface area contributed by atoms with Gasteiger partial charge in [0, 0.05) is 106 Å². The van der Waals surface area contributed by atoms with Crippen LogP contribution in [0, 0.1) is 12.8 Å². The number of amides is 2. The number of anilines is 3. The van der Waals surface area contributed by atoms with Crippen LogP contribution in [0.2, 0.25) is 0 Å². The molecule has 8 heterocycles. The number of aromatic hydroxyl groups is 1. The Bertz CT molecular complexity index is 2920. The lowest BCUT2D eigenvalue weighted by Gasteiger charge is -2.43. The molecule has 7 atom stereocenters. The second-order valence-corrected chi connectivity index (χ2v) is 21.6. The average Bonchev–Trinajstić information content (AvgIpc) is 4.20. The molecule has 20 heteroatoms. The van der Waals surface area contributed by atoms with E-state index in [2.05, 4.69) is 69.3 Å². The van der Waals surface area contributed by atoms with Crippen molar-refractivity contribution >= 4 is 40.3 Å². The number of benzene rings is 2. The fraction of sp³-hybridized carbons (Fsp3) is 0.473. The normalized spacial score (nSPS) is 21.9. The maximum atomic E-state index is 14.3. The number of aryl methyl sites for hydroxylation is 1. The van der Waals surface area contributed by atoms with Crippen LogP contribution in [-0.2, 0) is 9.59 Å². The third-order valence-electron chi connectivity index (χ3n) is 15.3. The molecule has 4 aromatic heterocycles. The number of carbonyl (C=O) groups excluding carboxylic acids is 2. The number of phenols is 1. The number of likely N-dealkylation sites (tertiary alicyclic amines) is 1. The summed E-state index contributed by atoms with van der Waals surface area (Å²) < 4.78 is 18.1. The summed E-state index contributed by atoms with van der Waals surface area (Å²) in [7, 11) is 0. The molecule has 75 heavy (non-hydrogen) atoms. The van der Waals surface area contributed by atoms with E-state index in [0.717, 1.165) is 85.2 Å². The maximum absolute atomic E-state index is 14.3. The van der Waals surface area contributed by atoms with Crippen molar-refractivity contribution < 1.29 is 33.8 Å². The number of nitrogen functional groups attached to an aromatic ring is 1. The molecule has 19 nitrogen and oxygen atoms in total. The Balaban J connectivity index is 0.666. The summed E-state index contributed by atoms with van der Waals surface area (Å²) in [6, 6.07) is 22.6. The molecule has 5 N–H and O–H groups in total. The number of aromatic nitrogens is 5. The zero-order valence-electron chi connectivity index (χ0n) is 43.3. The second kappa shape index (κ2) is 22.5. The molecule has 0 spiro atoms. The number of rotatable bonds is 18. The molecule has 396 valence electrons. The summed E-state index contributed by atoms with van der Waals surface area (Å²) in [4.78, 5) is 49.2. The third kappa shape index (κ3) is 11.4. The van der Waals surface area contributed by atoms with Crippen LogP contribution in [0.1, 0.15) is 75.9 Å². The largest absolute Gasteiger partial charge is 0.507 e. The molecule has 2 bridgehead atoms. The van der Waals surface area contributed by atoms with E-state index < -0.39 is 18.1 Å². The molecule has 0 radical (unpaired) electrons. The smallest absolute Gasteiger partial charge is 0.254 e. The van der Waals surface area contributed by atoms with Crippen molar-refractivity contribution in [1.29, 1.82) is 0 Å². The van der Waals surface area contributed by atoms with Crippen LogP contribution in [0.3, 0.4) is 0 Å². The highest BCUT2D eigenvalue weighted by atomic mass is 32.1. The van der Waals surface area contributed by atoms with Gasteiger partial charge in [0.05, 0.1) is 39.6 Å². The van der Waals surface area contributed by atoms with Gasteiger partial charge >= 0.3 is 0 Å². The van der Waals surface area contributed by atoms with Crippen LogP contribution in [0.4, 0.5) is 17.2 Å². The van der Waals surface area contributed by atoms with Gasteiger partial charge in [-0.05, 0) is 80.1 Å². The Kier molecular flexibility index (Phi) is 15.5. The summed E-state index contributed by atoms with van der Waals surface area (Å²) in [5, 5.41) is 37.0. The zero-order chi connectivity index (χ0) is 52.3. The second-order valence-electron chi connectivity index (χ2n) is 20.8. The van der Waals surface area contributed by atoms with Crippen LogP contribution in [-0.4, -0.2) is 158 Å². The van der Waals surface area contributed by atoms with Gasteiger partial charge < -0.3 is 50.0 Å². The first kappa shape index (κ1) is 51.6. The highest BCUT2D eigenvalue weighted by molar-refractivity contribution is 7.13. The number of fused-ring (bicyclic) bond motifs is 2.